The summed E-state index contributed by atoms with van der Waals surface area (Å²) in [4.78, 5) is 16.5. The van der Waals surface area contributed by atoms with Crippen molar-refractivity contribution in [3.63, 3.8) is 0 Å². The highest BCUT2D eigenvalue weighted by atomic mass is 16.2. The summed E-state index contributed by atoms with van der Waals surface area (Å²) in [7, 11) is 0. The van der Waals surface area contributed by atoms with Crippen molar-refractivity contribution in [1.82, 2.24) is 10.2 Å². The van der Waals surface area contributed by atoms with Crippen LogP contribution in [0.3, 0.4) is 0 Å². The van der Waals surface area contributed by atoms with Crippen LogP contribution in [0.15, 0.2) is 42.5 Å². The standard InChI is InChI=1S/C19H22N4O/c24-19-13-15(14-23(19)17-6-2-1-3-7-17)12-16-8-9-18(21-20-16)22-10-4-5-11-22/h1-3,6-9,15H,4-5,10-14H2/t15-/m0/s1. The van der Waals surface area contributed by atoms with Gasteiger partial charge in [-0.2, -0.15) is 5.10 Å². The number of nitrogens with zero attached hydrogens (tertiary/aromatic N) is 4. The zero-order valence-electron chi connectivity index (χ0n) is 13.8. The predicted octanol–water partition coefficient (Wildman–Crippen LogP) is 2.67. The van der Waals surface area contributed by atoms with Crippen molar-refractivity contribution in [1.29, 1.82) is 0 Å². The summed E-state index contributed by atoms with van der Waals surface area (Å²) in [6.07, 6.45) is 3.87. The number of para-hydroxylation sites is 1. The zero-order chi connectivity index (χ0) is 16.4. The molecule has 2 aliphatic heterocycles. The summed E-state index contributed by atoms with van der Waals surface area (Å²) in [5.41, 5.74) is 1.96. The Bertz CT molecular complexity index is 695. The molecule has 5 heteroatoms. The lowest BCUT2D eigenvalue weighted by atomic mass is 10.0. The number of hydrogen-bond acceptors (Lipinski definition) is 4. The van der Waals surface area contributed by atoms with E-state index in [1.165, 1.54) is 12.8 Å². The Balaban J connectivity index is 1.40. The smallest absolute Gasteiger partial charge is 0.227 e. The average Bonchev–Trinajstić information content (AvgIpc) is 3.26. The highest BCUT2D eigenvalue weighted by Crippen LogP contribution is 2.27. The van der Waals surface area contributed by atoms with E-state index in [-0.39, 0.29) is 5.91 Å². The lowest BCUT2D eigenvalue weighted by Crippen LogP contribution is -2.24. The fourth-order valence-electron chi connectivity index (χ4n) is 3.65. The van der Waals surface area contributed by atoms with Gasteiger partial charge in [-0.25, -0.2) is 0 Å². The van der Waals surface area contributed by atoms with Gasteiger partial charge in [0.2, 0.25) is 5.91 Å². The maximum atomic E-state index is 12.3. The second-order valence-electron chi connectivity index (χ2n) is 6.69. The summed E-state index contributed by atoms with van der Waals surface area (Å²) >= 11 is 0. The van der Waals surface area contributed by atoms with Gasteiger partial charge >= 0.3 is 0 Å². The van der Waals surface area contributed by atoms with Crippen LogP contribution in [0.5, 0.6) is 0 Å². The van der Waals surface area contributed by atoms with Crippen LogP contribution in [0.25, 0.3) is 0 Å². The number of hydrogen-bond donors (Lipinski definition) is 0. The number of benzene rings is 1. The molecule has 1 amide bonds. The summed E-state index contributed by atoms with van der Waals surface area (Å²) in [5.74, 6) is 1.49. The highest BCUT2D eigenvalue weighted by Gasteiger charge is 2.30. The van der Waals surface area contributed by atoms with Gasteiger partial charge in [0, 0.05) is 31.7 Å². The number of aromatic nitrogens is 2. The third kappa shape index (κ3) is 3.11. The SMILES string of the molecule is O=C1C[C@H](Cc2ccc(N3CCCC3)nn2)CN1c1ccccc1. The number of anilines is 2. The van der Waals surface area contributed by atoms with Crippen molar-refractivity contribution in [3.05, 3.63) is 48.2 Å². The second-order valence-corrected chi connectivity index (χ2v) is 6.69. The molecule has 5 nitrogen and oxygen atoms in total. The molecule has 1 atom stereocenters. The van der Waals surface area contributed by atoms with Gasteiger partial charge < -0.3 is 9.80 Å². The molecular weight excluding hydrogens is 300 g/mol. The van der Waals surface area contributed by atoms with E-state index in [1.54, 1.807) is 0 Å². The quantitative estimate of drug-likeness (QED) is 0.868. The Hall–Kier alpha value is -2.43. The summed E-state index contributed by atoms with van der Waals surface area (Å²) in [6.45, 7) is 2.92. The first-order chi connectivity index (χ1) is 11.8. The van der Waals surface area contributed by atoms with E-state index >= 15 is 0 Å². The van der Waals surface area contributed by atoms with Crippen molar-refractivity contribution in [2.45, 2.75) is 25.7 Å². The molecule has 0 aliphatic carbocycles. The molecule has 0 bridgehead atoms. The Kier molecular flexibility index (Phi) is 4.15. The van der Waals surface area contributed by atoms with Gasteiger partial charge in [-0.1, -0.05) is 18.2 Å². The molecule has 0 radical (unpaired) electrons. The summed E-state index contributed by atoms with van der Waals surface area (Å²) in [5, 5.41) is 8.76. The van der Waals surface area contributed by atoms with Crippen molar-refractivity contribution in [2.75, 3.05) is 29.4 Å². The molecule has 2 aromatic rings. The number of rotatable bonds is 4. The van der Waals surface area contributed by atoms with Crippen LogP contribution in [0.2, 0.25) is 0 Å². The third-order valence-electron chi connectivity index (χ3n) is 4.91. The van der Waals surface area contributed by atoms with Crippen LogP contribution in [0, 0.1) is 5.92 Å². The molecule has 1 aromatic heterocycles. The van der Waals surface area contributed by atoms with Gasteiger partial charge in [-0.05, 0) is 49.4 Å². The van der Waals surface area contributed by atoms with E-state index in [2.05, 4.69) is 27.2 Å². The Morgan fingerprint density at radius 1 is 1.00 bits per heavy atom. The maximum Gasteiger partial charge on any atom is 0.227 e. The minimum Gasteiger partial charge on any atom is -0.355 e. The minimum atomic E-state index is 0.202. The molecule has 0 unspecified atom stereocenters. The van der Waals surface area contributed by atoms with Gasteiger partial charge in [0.05, 0.1) is 5.69 Å². The number of carbonyl (C=O) groups is 1. The highest BCUT2D eigenvalue weighted by molar-refractivity contribution is 5.95. The summed E-state index contributed by atoms with van der Waals surface area (Å²) < 4.78 is 0. The van der Waals surface area contributed by atoms with Crippen molar-refractivity contribution in [3.8, 4) is 0 Å². The van der Waals surface area contributed by atoms with Crippen molar-refractivity contribution < 1.29 is 4.79 Å². The van der Waals surface area contributed by atoms with Gasteiger partial charge in [0.15, 0.2) is 5.82 Å². The first-order valence-corrected chi connectivity index (χ1v) is 8.72. The van der Waals surface area contributed by atoms with Crippen LogP contribution in [0.1, 0.15) is 25.0 Å². The minimum absolute atomic E-state index is 0.202. The molecule has 0 N–H and O–H groups in total. The molecule has 0 saturated carbocycles. The van der Waals surface area contributed by atoms with Gasteiger partial charge in [-0.3, -0.25) is 4.79 Å². The van der Waals surface area contributed by atoms with E-state index in [0.717, 1.165) is 43.3 Å². The normalized spacial score (nSPS) is 20.8. The van der Waals surface area contributed by atoms with E-state index < -0.39 is 0 Å². The van der Waals surface area contributed by atoms with Crippen LogP contribution < -0.4 is 9.80 Å². The Morgan fingerprint density at radius 2 is 1.79 bits per heavy atom. The van der Waals surface area contributed by atoms with Crippen LogP contribution in [-0.2, 0) is 11.2 Å². The lowest BCUT2D eigenvalue weighted by molar-refractivity contribution is -0.117. The molecule has 24 heavy (non-hydrogen) atoms. The lowest BCUT2D eigenvalue weighted by Gasteiger charge is -2.17. The van der Waals surface area contributed by atoms with Gasteiger partial charge in [0.1, 0.15) is 0 Å². The molecule has 0 spiro atoms. The van der Waals surface area contributed by atoms with Gasteiger partial charge in [0.25, 0.3) is 0 Å². The van der Waals surface area contributed by atoms with E-state index in [1.807, 2.05) is 35.2 Å². The number of carbonyl (C=O) groups excluding carboxylic acids is 1. The first kappa shape index (κ1) is 15.1. The molecule has 1 aromatic carbocycles. The Morgan fingerprint density at radius 3 is 2.50 bits per heavy atom. The monoisotopic (exact) mass is 322 g/mol. The average molecular weight is 322 g/mol. The fraction of sp³-hybridized carbons (Fsp3) is 0.421. The maximum absolute atomic E-state index is 12.3. The Labute approximate surface area is 142 Å². The van der Waals surface area contributed by atoms with Crippen LogP contribution in [0.4, 0.5) is 11.5 Å². The van der Waals surface area contributed by atoms with Crippen molar-refractivity contribution >= 4 is 17.4 Å². The zero-order valence-corrected chi connectivity index (χ0v) is 13.8. The predicted molar refractivity (Wildman–Crippen MR) is 94.1 cm³/mol. The van der Waals surface area contributed by atoms with Gasteiger partial charge in [-0.15, -0.1) is 5.10 Å². The molecule has 2 saturated heterocycles. The molecule has 2 aliphatic rings. The number of amides is 1. The largest absolute Gasteiger partial charge is 0.355 e. The van der Waals surface area contributed by atoms with E-state index in [4.69, 9.17) is 0 Å². The topological polar surface area (TPSA) is 49.3 Å². The second kappa shape index (κ2) is 6.59. The van der Waals surface area contributed by atoms with Crippen molar-refractivity contribution in [2.24, 2.45) is 5.92 Å². The molecule has 3 heterocycles. The molecule has 2 fully saturated rings. The molecular formula is C19H22N4O. The first-order valence-electron chi connectivity index (χ1n) is 8.72. The molecule has 4 rings (SSSR count). The van der Waals surface area contributed by atoms with E-state index in [9.17, 15) is 4.79 Å². The third-order valence-corrected chi connectivity index (χ3v) is 4.91. The molecule has 124 valence electrons. The van der Waals surface area contributed by atoms with Crippen LogP contribution in [-0.4, -0.2) is 35.7 Å². The fourth-order valence-corrected chi connectivity index (χ4v) is 3.65. The summed E-state index contributed by atoms with van der Waals surface area (Å²) in [6, 6.07) is 14.0. The van der Waals surface area contributed by atoms with Crippen LogP contribution >= 0.6 is 0 Å². The van der Waals surface area contributed by atoms with E-state index in [0.29, 0.717) is 12.3 Å².